The predicted octanol–water partition coefficient (Wildman–Crippen LogP) is 1.90. The van der Waals surface area contributed by atoms with Crippen molar-refractivity contribution in [2.24, 2.45) is 5.16 Å². The molecule has 0 aliphatic rings. The molecule has 0 saturated heterocycles. The number of oxime groups is 1. The summed E-state index contributed by atoms with van der Waals surface area (Å²) in [6, 6.07) is 8.67. The van der Waals surface area contributed by atoms with Crippen molar-refractivity contribution in [3.8, 4) is 0 Å². The molecule has 0 unspecified atom stereocenters. The highest BCUT2D eigenvalue weighted by Crippen LogP contribution is 2.03. The van der Waals surface area contributed by atoms with E-state index < -0.39 is 5.97 Å². The molecule has 0 aliphatic carbocycles. The molecule has 0 atom stereocenters. The maximum Gasteiger partial charge on any atom is 0.358 e. The van der Waals surface area contributed by atoms with Gasteiger partial charge in [-0.15, -0.1) is 0 Å². The van der Waals surface area contributed by atoms with Crippen LogP contribution in [0.5, 0.6) is 0 Å². The zero-order valence-corrected chi connectivity index (χ0v) is 8.68. The van der Waals surface area contributed by atoms with Gasteiger partial charge >= 0.3 is 5.97 Å². The smallest absolute Gasteiger partial charge is 0.358 e. The van der Waals surface area contributed by atoms with Crippen molar-refractivity contribution in [1.82, 2.24) is 0 Å². The maximum absolute atomic E-state index is 10.9. The molecule has 1 aromatic carbocycles. The number of benzene rings is 1. The molecule has 15 heavy (non-hydrogen) atoms. The fraction of sp³-hybridized carbons (Fsp3) is 0.273. The summed E-state index contributed by atoms with van der Waals surface area (Å²) >= 11 is 0. The Hall–Kier alpha value is -1.84. The van der Waals surface area contributed by atoms with Crippen LogP contribution in [-0.2, 0) is 9.63 Å². The first-order valence-corrected chi connectivity index (χ1v) is 4.63. The van der Waals surface area contributed by atoms with E-state index in [0.717, 1.165) is 0 Å². The highest BCUT2D eigenvalue weighted by molar-refractivity contribution is 6.42. The van der Waals surface area contributed by atoms with Crippen molar-refractivity contribution >= 4 is 11.7 Å². The standard InChI is InChI=1S/C11H13NO3/c1-8(2)15-12-10(11(13)14)9-6-4-3-5-7-9/h3-8H,1-2H3,(H,13,14)/b12-10-. The molecule has 0 heterocycles. The lowest BCUT2D eigenvalue weighted by atomic mass is 10.1. The second-order valence-electron chi connectivity index (χ2n) is 3.27. The number of rotatable bonds is 4. The van der Waals surface area contributed by atoms with Crippen molar-refractivity contribution in [2.45, 2.75) is 20.0 Å². The predicted molar refractivity (Wildman–Crippen MR) is 56.8 cm³/mol. The summed E-state index contributed by atoms with van der Waals surface area (Å²) in [6.07, 6.45) is -0.136. The Kier molecular flexibility index (Phi) is 3.85. The Labute approximate surface area is 88.2 Å². The van der Waals surface area contributed by atoms with Crippen molar-refractivity contribution in [3.05, 3.63) is 35.9 Å². The monoisotopic (exact) mass is 207 g/mol. The average molecular weight is 207 g/mol. The van der Waals surface area contributed by atoms with E-state index in [9.17, 15) is 4.79 Å². The molecule has 4 heteroatoms. The minimum absolute atomic E-state index is 0.0794. The zero-order chi connectivity index (χ0) is 11.3. The van der Waals surface area contributed by atoms with Gasteiger partial charge in [0.2, 0.25) is 0 Å². The van der Waals surface area contributed by atoms with E-state index in [1.165, 1.54) is 0 Å². The first-order chi connectivity index (χ1) is 7.11. The Balaban J connectivity index is 2.94. The molecule has 1 aromatic rings. The number of carboxylic acid groups (broad SMARTS) is 1. The normalized spacial score (nSPS) is 11.5. The fourth-order valence-electron chi connectivity index (χ4n) is 0.969. The summed E-state index contributed by atoms with van der Waals surface area (Å²) in [5.41, 5.74) is 0.454. The molecule has 0 fully saturated rings. The van der Waals surface area contributed by atoms with Gasteiger partial charge in [-0.2, -0.15) is 0 Å². The van der Waals surface area contributed by atoms with Gasteiger partial charge in [-0.3, -0.25) is 0 Å². The van der Waals surface area contributed by atoms with E-state index in [0.29, 0.717) is 5.56 Å². The number of aliphatic carboxylic acids is 1. The molecule has 0 amide bonds. The summed E-state index contributed by atoms with van der Waals surface area (Å²) in [5.74, 6) is -1.10. The second kappa shape index (κ2) is 5.14. The minimum Gasteiger partial charge on any atom is -0.476 e. The molecule has 0 aromatic heterocycles. The zero-order valence-electron chi connectivity index (χ0n) is 8.68. The molecule has 0 radical (unpaired) electrons. The third kappa shape index (κ3) is 3.42. The lowest BCUT2D eigenvalue weighted by Gasteiger charge is -2.04. The number of hydrogen-bond donors (Lipinski definition) is 1. The van der Waals surface area contributed by atoms with Crippen LogP contribution < -0.4 is 0 Å². The van der Waals surface area contributed by atoms with Crippen LogP contribution in [0.4, 0.5) is 0 Å². The van der Waals surface area contributed by atoms with Crippen LogP contribution in [0.1, 0.15) is 19.4 Å². The molecular weight excluding hydrogens is 194 g/mol. The lowest BCUT2D eigenvalue weighted by molar-refractivity contribution is -0.129. The first-order valence-electron chi connectivity index (χ1n) is 4.63. The quantitative estimate of drug-likeness (QED) is 0.606. The summed E-state index contributed by atoms with van der Waals surface area (Å²) < 4.78 is 0. The fourth-order valence-corrected chi connectivity index (χ4v) is 0.969. The van der Waals surface area contributed by atoms with E-state index in [4.69, 9.17) is 9.94 Å². The number of hydrogen-bond acceptors (Lipinski definition) is 3. The molecule has 1 rings (SSSR count). The molecule has 0 aliphatic heterocycles. The molecule has 4 nitrogen and oxygen atoms in total. The SMILES string of the molecule is CC(C)O/N=C(\C(=O)O)c1ccccc1. The van der Waals surface area contributed by atoms with Gasteiger partial charge in [0.15, 0.2) is 5.71 Å². The third-order valence-corrected chi connectivity index (χ3v) is 1.60. The maximum atomic E-state index is 10.9. The van der Waals surface area contributed by atoms with Crippen LogP contribution in [0, 0.1) is 0 Å². The van der Waals surface area contributed by atoms with E-state index in [-0.39, 0.29) is 11.8 Å². The topological polar surface area (TPSA) is 58.9 Å². The number of nitrogens with zero attached hydrogens (tertiary/aromatic N) is 1. The van der Waals surface area contributed by atoms with Crippen LogP contribution in [0.25, 0.3) is 0 Å². The summed E-state index contributed by atoms with van der Waals surface area (Å²) in [7, 11) is 0. The Morgan fingerprint density at radius 2 is 1.93 bits per heavy atom. The van der Waals surface area contributed by atoms with Crippen LogP contribution in [0.15, 0.2) is 35.5 Å². The van der Waals surface area contributed by atoms with E-state index in [2.05, 4.69) is 5.16 Å². The van der Waals surface area contributed by atoms with E-state index in [1.807, 2.05) is 6.07 Å². The Morgan fingerprint density at radius 3 is 2.40 bits per heavy atom. The third-order valence-electron chi connectivity index (χ3n) is 1.60. The van der Waals surface area contributed by atoms with Gasteiger partial charge < -0.3 is 9.94 Å². The summed E-state index contributed by atoms with van der Waals surface area (Å²) in [5, 5.41) is 12.5. The van der Waals surface area contributed by atoms with Gasteiger partial charge in [0.05, 0.1) is 0 Å². The van der Waals surface area contributed by atoms with Crippen molar-refractivity contribution in [2.75, 3.05) is 0 Å². The van der Waals surface area contributed by atoms with Gasteiger partial charge in [0, 0.05) is 5.56 Å². The second-order valence-corrected chi connectivity index (χ2v) is 3.27. The van der Waals surface area contributed by atoms with Gasteiger partial charge in [0.1, 0.15) is 6.10 Å². The number of carboxylic acids is 1. The van der Waals surface area contributed by atoms with Gasteiger partial charge in [0.25, 0.3) is 0 Å². The number of carbonyl (C=O) groups is 1. The van der Waals surface area contributed by atoms with Gasteiger partial charge in [-0.1, -0.05) is 35.5 Å². The Bertz CT molecular complexity index is 357. The molecule has 0 bridgehead atoms. The highest BCUT2D eigenvalue weighted by atomic mass is 16.6. The van der Waals surface area contributed by atoms with Crippen LogP contribution in [-0.4, -0.2) is 22.9 Å². The molecular formula is C11H13NO3. The van der Waals surface area contributed by atoms with Crippen LogP contribution >= 0.6 is 0 Å². The summed E-state index contributed by atoms with van der Waals surface area (Å²) in [6.45, 7) is 3.57. The van der Waals surface area contributed by atoms with Crippen molar-refractivity contribution < 1.29 is 14.7 Å². The van der Waals surface area contributed by atoms with Crippen molar-refractivity contribution in [1.29, 1.82) is 0 Å². The lowest BCUT2D eigenvalue weighted by Crippen LogP contribution is -2.15. The largest absolute Gasteiger partial charge is 0.476 e. The molecule has 1 N–H and O–H groups in total. The summed E-state index contributed by atoms with van der Waals surface area (Å²) in [4.78, 5) is 15.8. The van der Waals surface area contributed by atoms with Crippen LogP contribution in [0.2, 0.25) is 0 Å². The highest BCUT2D eigenvalue weighted by Gasteiger charge is 2.13. The van der Waals surface area contributed by atoms with E-state index >= 15 is 0 Å². The van der Waals surface area contributed by atoms with E-state index in [1.54, 1.807) is 38.1 Å². The molecule has 80 valence electrons. The molecule has 0 saturated carbocycles. The van der Waals surface area contributed by atoms with Gasteiger partial charge in [-0.25, -0.2) is 4.79 Å². The first kappa shape index (κ1) is 11.2. The van der Waals surface area contributed by atoms with Crippen molar-refractivity contribution in [3.63, 3.8) is 0 Å². The minimum atomic E-state index is -1.10. The average Bonchev–Trinajstić information content (AvgIpc) is 2.18. The van der Waals surface area contributed by atoms with Gasteiger partial charge in [-0.05, 0) is 13.8 Å². The Morgan fingerprint density at radius 1 is 1.33 bits per heavy atom. The van der Waals surface area contributed by atoms with Crippen LogP contribution in [0.3, 0.4) is 0 Å². The molecule has 0 spiro atoms.